The van der Waals surface area contributed by atoms with Gasteiger partial charge in [-0.15, -0.1) is 11.8 Å². The Hall–Kier alpha value is -2.53. The predicted molar refractivity (Wildman–Crippen MR) is 97.5 cm³/mol. The molecular formula is C20H19NO3S. The van der Waals surface area contributed by atoms with Crippen LogP contribution in [0.15, 0.2) is 64.0 Å². The highest BCUT2D eigenvalue weighted by Gasteiger charge is 2.15. The predicted octanol–water partition coefficient (Wildman–Crippen LogP) is 4.94. The molecule has 0 N–H and O–H groups in total. The molecule has 2 aromatic carbocycles. The lowest BCUT2D eigenvalue weighted by molar-refractivity contribution is 0.0468. The maximum absolute atomic E-state index is 12.5. The number of carbonyl (C=O) groups is 1. The van der Waals surface area contributed by atoms with Gasteiger partial charge in [-0.2, -0.15) is 0 Å². The summed E-state index contributed by atoms with van der Waals surface area (Å²) < 4.78 is 10.7. The second-order valence-electron chi connectivity index (χ2n) is 5.65. The van der Waals surface area contributed by atoms with Crippen molar-refractivity contribution in [3.05, 3.63) is 82.7 Å². The fraction of sp³-hybridized carbons (Fsp3) is 0.200. The van der Waals surface area contributed by atoms with Gasteiger partial charge in [-0.25, -0.2) is 4.79 Å². The van der Waals surface area contributed by atoms with Crippen LogP contribution >= 0.6 is 11.8 Å². The molecule has 5 heteroatoms. The molecule has 0 aliphatic heterocycles. The van der Waals surface area contributed by atoms with Crippen molar-refractivity contribution in [2.45, 2.75) is 31.1 Å². The van der Waals surface area contributed by atoms with E-state index in [9.17, 15) is 4.79 Å². The van der Waals surface area contributed by atoms with Crippen LogP contribution in [0.1, 0.15) is 32.9 Å². The highest BCUT2D eigenvalue weighted by atomic mass is 32.2. The number of nitrogens with zero attached hydrogens (tertiary/aromatic N) is 1. The van der Waals surface area contributed by atoms with Gasteiger partial charge < -0.3 is 9.26 Å². The molecule has 3 rings (SSSR count). The van der Waals surface area contributed by atoms with Crippen molar-refractivity contribution < 1.29 is 14.1 Å². The Morgan fingerprint density at radius 2 is 1.80 bits per heavy atom. The SMILES string of the molecule is Cc1noc(C)c1CSc1ccccc1C(=O)OCc1ccccc1. The second kappa shape index (κ2) is 8.03. The first-order valence-electron chi connectivity index (χ1n) is 8.00. The summed E-state index contributed by atoms with van der Waals surface area (Å²) in [5, 5.41) is 3.97. The molecule has 0 fully saturated rings. The smallest absolute Gasteiger partial charge is 0.339 e. The number of aromatic nitrogens is 1. The summed E-state index contributed by atoms with van der Waals surface area (Å²) in [4.78, 5) is 13.4. The molecule has 0 aliphatic carbocycles. The van der Waals surface area contributed by atoms with Crippen LogP contribution in [-0.2, 0) is 17.1 Å². The number of esters is 1. The van der Waals surface area contributed by atoms with Crippen LogP contribution in [0.25, 0.3) is 0 Å². The molecular weight excluding hydrogens is 334 g/mol. The van der Waals surface area contributed by atoms with Crippen molar-refractivity contribution in [2.75, 3.05) is 0 Å². The highest BCUT2D eigenvalue weighted by Crippen LogP contribution is 2.29. The van der Waals surface area contributed by atoms with E-state index >= 15 is 0 Å². The van der Waals surface area contributed by atoms with E-state index in [2.05, 4.69) is 5.16 Å². The van der Waals surface area contributed by atoms with Gasteiger partial charge in [0.15, 0.2) is 0 Å². The minimum absolute atomic E-state index is 0.266. The van der Waals surface area contributed by atoms with Gasteiger partial charge in [0.1, 0.15) is 12.4 Å². The number of ether oxygens (including phenoxy) is 1. The summed E-state index contributed by atoms with van der Waals surface area (Å²) in [6.07, 6.45) is 0. The number of rotatable bonds is 6. The highest BCUT2D eigenvalue weighted by molar-refractivity contribution is 7.98. The molecule has 4 nitrogen and oxygen atoms in total. The largest absolute Gasteiger partial charge is 0.457 e. The first kappa shape index (κ1) is 17.3. The molecule has 0 saturated carbocycles. The normalized spacial score (nSPS) is 10.6. The second-order valence-corrected chi connectivity index (χ2v) is 6.67. The van der Waals surface area contributed by atoms with Gasteiger partial charge in [-0.1, -0.05) is 47.6 Å². The van der Waals surface area contributed by atoms with E-state index in [1.807, 2.05) is 62.4 Å². The van der Waals surface area contributed by atoms with Crippen molar-refractivity contribution in [1.82, 2.24) is 5.16 Å². The van der Waals surface area contributed by atoms with E-state index in [-0.39, 0.29) is 12.6 Å². The summed E-state index contributed by atoms with van der Waals surface area (Å²) in [6, 6.07) is 17.2. The summed E-state index contributed by atoms with van der Waals surface area (Å²) in [6.45, 7) is 4.09. The summed E-state index contributed by atoms with van der Waals surface area (Å²) >= 11 is 1.58. The number of thioether (sulfide) groups is 1. The average molecular weight is 353 g/mol. The fourth-order valence-electron chi connectivity index (χ4n) is 2.42. The molecule has 128 valence electrons. The minimum Gasteiger partial charge on any atom is -0.457 e. The summed E-state index contributed by atoms with van der Waals surface area (Å²) in [7, 11) is 0. The Kier molecular flexibility index (Phi) is 5.56. The maximum atomic E-state index is 12.5. The number of benzene rings is 2. The van der Waals surface area contributed by atoms with Gasteiger partial charge in [0, 0.05) is 16.2 Å². The van der Waals surface area contributed by atoms with Crippen LogP contribution < -0.4 is 0 Å². The third-order valence-corrected chi connectivity index (χ3v) is 4.97. The molecule has 1 heterocycles. The summed E-state index contributed by atoms with van der Waals surface area (Å²) in [5.74, 6) is 1.20. The van der Waals surface area contributed by atoms with Gasteiger partial charge in [-0.05, 0) is 31.5 Å². The summed E-state index contributed by atoms with van der Waals surface area (Å²) in [5.41, 5.74) is 3.50. The molecule has 3 aromatic rings. The zero-order valence-electron chi connectivity index (χ0n) is 14.2. The van der Waals surface area contributed by atoms with Crippen LogP contribution in [-0.4, -0.2) is 11.1 Å². The van der Waals surface area contributed by atoms with E-state index in [1.54, 1.807) is 17.8 Å². The first-order chi connectivity index (χ1) is 12.1. The molecule has 0 unspecified atom stereocenters. The average Bonchev–Trinajstić information content (AvgIpc) is 2.97. The molecule has 0 amide bonds. The third kappa shape index (κ3) is 4.31. The quantitative estimate of drug-likeness (QED) is 0.464. The third-order valence-electron chi connectivity index (χ3n) is 3.87. The van der Waals surface area contributed by atoms with Gasteiger partial charge in [0.2, 0.25) is 0 Å². The lowest BCUT2D eigenvalue weighted by atomic mass is 10.2. The van der Waals surface area contributed by atoms with E-state index in [1.165, 1.54) is 0 Å². The van der Waals surface area contributed by atoms with Crippen molar-refractivity contribution in [3.63, 3.8) is 0 Å². The van der Waals surface area contributed by atoms with E-state index < -0.39 is 0 Å². The molecule has 0 aliphatic rings. The Bertz CT molecular complexity index is 839. The lowest BCUT2D eigenvalue weighted by Gasteiger charge is -2.09. The molecule has 0 atom stereocenters. The molecule has 0 bridgehead atoms. The molecule has 0 radical (unpaired) electrons. The van der Waals surface area contributed by atoms with E-state index in [0.29, 0.717) is 11.3 Å². The van der Waals surface area contributed by atoms with Crippen LogP contribution in [0, 0.1) is 13.8 Å². The zero-order chi connectivity index (χ0) is 17.6. The molecule has 25 heavy (non-hydrogen) atoms. The Morgan fingerprint density at radius 3 is 2.52 bits per heavy atom. The Labute approximate surface area is 151 Å². The first-order valence-corrected chi connectivity index (χ1v) is 8.98. The van der Waals surface area contributed by atoms with Crippen LogP contribution in [0.2, 0.25) is 0 Å². The number of carbonyl (C=O) groups excluding carboxylic acids is 1. The topological polar surface area (TPSA) is 52.3 Å². The van der Waals surface area contributed by atoms with Crippen molar-refractivity contribution in [1.29, 1.82) is 0 Å². The van der Waals surface area contributed by atoms with Gasteiger partial charge in [-0.3, -0.25) is 0 Å². The van der Waals surface area contributed by atoms with Crippen LogP contribution in [0.4, 0.5) is 0 Å². The maximum Gasteiger partial charge on any atom is 0.339 e. The molecule has 1 aromatic heterocycles. The Balaban J connectivity index is 1.69. The van der Waals surface area contributed by atoms with E-state index in [4.69, 9.17) is 9.26 Å². The van der Waals surface area contributed by atoms with Crippen molar-refractivity contribution in [2.24, 2.45) is 0 Å². The zero-order valence-corrected chi connectivity index (χ0v) is 15.0. The monoisotopic (exact) mass is 353 g/mol. The number of hydrogen-bond donors (Lipinski definition) is 0. The van der Waals surface area contributed by atoms with Crippen LogP contribution in [0.3, 0.4) is 0 Å². The van der Waals surface area contributed by atoms with Gasteiger partial charge in [0.25, 0.3) is 0 Å². The molecule has 0 saturated heterocycles. The van der Waals surface area contributed by atoms with E-state index in [0.717, 1.165) is 27.5 Å². The molecule has 0 spiro atoms. The fourth-order valence-corrected chi connectivity index (χ4v) is 3.61. The lowest BCUT2D eigenvalue weighted by Crippen LogP contribution is -2.06. The standard InChI is InChI=1S/C20H19NO3S/c1-14-18(15(2)24-21-14)13-25-19-11-7-6-10-17(19)20(22)23-12-16-8-4-3-5-9-16/h3-11H,12-13H2,1-2H3. The van der Waals surface area contributed by atoms with Crippen LogP contribution in [0.5, 0.6) is 0 Å². The number of aryl methyl sites for hydroxylation is 2. The van der Waals surface area contributed by atoms with Crippen molar-refractivity contribution >= 4 is 17.7 Å². The van der Waals surface area contributed by atoms with Gasteiger partial charge >= 0.3 is 5.97 Å². The minimum atomic E-state index is -0.314. The Morgan fingerprint density at radius 1 is 1.08 bits per heavy atom. The van der Waals surface area contributed by atoms with Gasteiger partial charge in [0.05, 0.1) is 11.3 Å². The van der Waals surface area contributed by atoms with Crippen molar-refractivity contribution in [3.8, 4) is 0 Å². The number of hydrogen-bond acceptors (Lipinski definition) is 5.